The van der Waals surface area contributed by atoms with Crippen molar-refractivity contribution in [2.24, 2.45) is 0 Å². The average molecular weight is 695 g/mol. The van der Waals surface area contributed by atoms with E-state index in [0.717, 1.165) is 44.4 Å². The summed E-state index contributed by atoms with van der Waals surface area (Å²) in [5.41, 5.74) is 5.96. The van der Waals surface area contributed by atoms with Gasteiger partial charge in [0.2, 0.25) is 0 Å². The minimum absolute atomic E-state index is 0.0831. The predicted octanol–water partition coefficient (Wildman–Crippen LogP) is 8.10. The first-order valence-electron chi connectivity index (χ1n) is 17.2. The molecule has 0 aromatic heterocycles. The molecule has 0 saturated carbocycles. The van der Waals surface area contributed by atoms with Crippen LogP contribution < -0.4 is 35.5 Å². The summed E-state index contributed by atoms with van der Waals surface area (Å²) >= 11 is 0. The number of ether oxygens (including phenoxy) is 3. The lowest BCUT2D eigenvalue weighted by Gasteiger charge is -2.15. The minimum atomic E-state index is -0.251. The Bertz CT molecular complexity index is 2070. The van der Waals surface area contributed by atoms with Crippen molar-refractivity contribution in [1.82, 2.24) is 10.6 Å². The fourth-order valence-electron chi connectivity index (χ4n) is 5.48. The van der Waals surface area contributed by atoms with E-state index in [2.05, 4.69) is 27.3 Å². The molecular formula is C43H42N4O5. The summed E-state index contributed by atoms with van der Waals surface area (Å²) in [5.74, 6) is 1.76. The van der Waals surface area contributed by atoms with E-state index in [1.165, 1.54) is 0 Å². The van der Waals surface area contributed by atoms with E-state index in [0.29, 0.717) is 50.0 Å². The number of rotatable bonds is 16. The maximum atomic E-state index is 12.7. The van der Waals surface area contributed by atoms with Crippen LogP contribution in [0.5, 0.6) is 17.2 Å². The number of benzene rings is 6. The van der Waals surface area contributed by atoms with Gasteiger partial charge in [0, 0.05) is 31.5 Å². The van der Waals surface area contributed by atoms with Gasteiger partial charge in [-0.15, -0.1) is 0 Å². The Morgan fingerprint density at radius 2 is 1.21 bits per heavy atom. The van der Waals surface area contributed by atoms with Gasteiger partial charge in [-0.3, -0.25) is 4.79 Å². The molecule has 0 saturated heterocycles. The Morgan fingerprint density at radius 3 is 1.92 bits per heavy atom. The molecule has 0 aliphatic carbocycles. The van der Waals surface area contributed by atoms with E-state index in [9.17, 15) is 9.59 Å². The van der Waals surface area contributed by atoms with Crippen molar-refractivity contribution in [3.8, 4) is 17.2 Å². The molecule has 0 radical (unpaired) electrons. The van der Waals surface area contributed by atoms with Gasteiger partial charge in [-0.25, -0.2) is 4.79 Å². The van der Waals surface area contributed by atoms with E-state index in [1.807, 2.05) is 133 Å². The molecule has 3 amide bonds. The van der Waals surface area contributed by atoms with Gasteiger partial charge >= 0.3 is 6.03 Å². The number of carbonyl (C=O) groups is 2. The van der Waals surface area contributed by atoms with E-state index in [-0.39, 0.29) is 18.5 Å². The Kier molecular flexibility index (Phi) is 12.2. The van der Waals surface area contributed by atoms with Crippen LogP contribution in [0.25, 0.3) is 10.8 Å². The molecule has 52 heavy (non-hydrogen) atoms. The fourth-order valence-corrected chi connectivity index (χ4v) is 5.48. The second kappa shape index (κ2) is 18.0. The smallest absolute Gasteiger partial charge is 0.318 e. The van der Waals surface area contributed by atoms with Gasteiger partial charge in [0.05, 0.1) is 0 Å². The second-order valence-corrected chi connectivity index (χ2v) is 12.2. The van der Waals surface area contributed by atoms with Crippen LogP contribution in [0, 0.1) is 0 Å². The van der Waals surface area contributed by atoms with Crippen molar-refractivity contribution in [3.63, 3.8) is 0 Å². The highest BCUT2D eigenvalue weighted by Crippen LogP contribution is 2.30. The van der Waals surface area contributed by atoms with Crippen molar-refractivity contribution < 1.29 is 23.8 Å². The van der Waals surface area contributed by atoms with Gasteiger partial charge in [-0.2, -0.15) is 0 Å². The highest BCUT2D eigenvalue weighted by Gasteiger charge is 2.10. The third kappa shape index (κ3) is 10.5. The maximum absolute atomic E-state index is 12.7. The quantitative estimate of drug-likeness (QED) is 0.0816. The summed E-state index contributed by atoms with van der Waals surface area (Å²) in [6.45, 7) is 1.86. The third-order valence-corrected chi connectivity index (χ3v) is 8.34. The number of nitrogens with one attached hydrogen (secondary N) is 4. The molecule has 0 bridgehead atoms. The van der Waals surface area contributed by atoms with Gasteiger partial charge in [-0.05, 0) is 88.0 Å². The van der Waals surface area contributed by atoms with Crippen molar-refractivity contribution in [2.45, 2.75) is 26.2 Å². The Labute approximate surface area is 303 Å². The van der Waals surface area contributed by atoms with E-state index in [1.54, 1.807) is 7.05 Å². The number of hydrogen-bond donors (Lipinski definition) is 4. The number of urea groups is 1. The van der Waals surface area contributed by atoms with Gasteiger partial charge in [0.1, 0.15) is 19.0 Å². The van der Waals surface area contributed by atoms with Crippen LogP contribution in [0.3, 0.4) is 0 Å². The standard InChI is InChI=1S/C43H42N4O5/c1-44-43(49)47-37-17-12-32(13-18-37)27-46-38-19-15-36-26-39(20-16-35(36)25-38)50-30-42(48)45-23-22-31-14-21-40(51-28-33-8-4-2-5-9-33)41(24-31)52-29-34-10-6-3-7-11-34/h2-21,24-26,46H,22-23,27-30H2,1H3,(H,45,48)(H2,44,47,49). The van der Waals surface area contributed by atoms with E-state index >= 15 is 0 Å². The molecule has 4 N–H and O–H groups in total. The second-order valence-electron chi connectivity index (χ2n) is 12.2. The van der Waals surface area contributed by atoms with Crippen LogP contribution in [-0.2, 0) is 31.0 Å². The van der Waals surface area contributed by atoms with Crippen molar-refractivity contribution in [3.05, 3.63) is 162 Å². The first-order chi connectivity index (χ1) is 25.5. The van der Waals surface area contributed by atoms with Crippen LogP contribution in [0.1, 0.15) is 22.3 Å². The molecule has 264 valence electrons. The molecular weight excluding hydrogens is 652 g/mol. The number of fused-ring (bicyclic) bond motifs is 1. The Hall–Kier alpha value is -6.48. The number of anilines is 2. The number of hydrogen-bond acceptors (Lipinski definition) is 6. The highest BCUT2D eigenvalue weighted by molar-refractivity contribution is 5.89. The SMILES string of the molecule is CNC(=O)Nc1ccc(CNc2ccc3cc(OCC(=O)NCCc4ccc(OCc5ccccc5)c(OCc5ccccc5)c4)ccc3c2)cc1. The summed E-state index contributed by atoms with van der Waals surface area (Å²) in [5, 5.41) is 13.8. The molecule has 6 aromatic rings. The van der Waals surface area contributed by atoms with Crippen LogP contribution in [-0.4, -0.2) is 32.1 Å². The minimum Gasteiger partial charge on any atom is -0.485 e. The first-order valence-corrected chi connectivity index (χ1v) is 17.2. The Balaban J connectivity index is 0.969. The molecule has 0 atom stereocenters. The van der Waals surface area contributed by atoms with E-state index in [4.69, 9.17) is 14.2 Å². The van der Waals surface area contributed by atoms with Crippen LogP contribution >= 0.6 is 0 Å². The zero-order valence-corrected chi connectivity index (χ0v) is 29.1. The molecule has 9 heteroatoms. The third-order valence-electron chi connectivity index (χ3n) is 8.34. The molecule has 0 aliphatic rings. The maximum Gasteiger partial charge on any atom is 0.318 e. The van der Waals surface area contributed by atoms with Crippen LogP contribution in [0.4, 0.5) is 16.2 Å². The largest absolute Gasteiger partial charge is 0.485 e. The summed E-state index contributed by atoms with van der Waals surface area (Å²) < 4.78 is 18.2. The molecule has 0 spiro atoms. The van der Waals surface area contributed by atoms with Crippen molar-refractivity contribution in [1.29, 1.82) is 0 Å². The first kappa shape index (κ1) is 35.3. The zero-order chi connectivity index (χ0) is 36.0. The monoisotopic (exact) mass is 694 g/mol. The molecule has 0 heterocycles. The molecule has 0 fully saturated rings. The molecule has 6 rings (SSSR count). The normalized spacial score (nSPS) is 10.6. The topological polar surface area (TPSA) is 110 Å². The Morgan fingerprint density at radius 1 is 0.577 bits per heavy atom. The summed E-state index contributed by atoms with van der Waals surface area (Å²) in [6, 6.07) is 45.3. The van der Waals surface area contributed by atoms with Crippen molar-refractivity contribution >= 4 is 34.1 Å². The average Bonchev–Trinajstić information content (AvgIpc) is 3.19. The van der Waals surface area contributed by atoms with E-state index < -0.39 is 0 Å². The van der Waals surface area contributed by atoms with Gasteiger partial charge in [0.25, 0.3) is 5.91 Å². The lowest BCUT2D eigenvalue weighted by atomic mass is 10.1. The lowest BCUT2D eigenvalue weighted by Crippen LogP contribution is -2.30. The lowest BCUT2D eigenvalue weighted by molar-refractivity contribution is -0.123. The summed E-state index contributed by atoms with van der Waals surface area (Å²) in [4.78, 5) is 24.2. The van der Waals surface area contributed by atoms with Crippen LogP contribution in [0.2, 0.25) is 0 Å². The van der Waals surface area contributed by atoms with Crippen LogP contribution in [0.15, 0.2) is 140 Å². The number of carbonyl (C=O) groups excluding carboxylic acids is 2. The van der Waals surface area contributed by atoms with Crippen molar-refractivity contribution in [2.75, 3.05) is 30.8 Å². The molecule has 6 aromatic carbocycles. The summed E-state index contributed by atoms with van der Waals surface area (Å²) in [7, 11) is 1.58. The highest BCUT2D eigenvalue weighted by atomic mass is 16.5. The zero-order valence-electron chi connectivity index (χ0n) is 29.1. The molecule has 0 unspecified atom stereocenters. The summed E-state index contributed by atoms with van der Waals surface area (Å²) in [6.07, 6.45) is 0.624. The van der Waals surface area contributed by atoms with Gasteiger partial charge in [-0.1, -0.05) is 91.0 Å². The predicted molar refractivity (Wildman–Crippen MR) is 206 cm³/mol. The molecule has 0 aliphatic heterocycles. The number of amides is 3. The van der Waals surface area contributed by atoms with Gasteiger partial charge < -0.3 is 35.5 Å². The molecule has 9 nitrogen and oxygen atoms in total. The van der Waals surface area contributed by atoms with Gasteiger partial charge in [0.15, 0.2) is 18.1 Å². The fraction of sp³-hybridized carbons (Fsp3) is 0.163.